The molecule has 4 nitrogen and oxygen atoms in total. The van der Waals surface area contributed by atoms with E-state index in [-0.39, 0.29) is 36.3 Å². The quantitative estimate of drug-likeness (QED) is 0.222. The minimum absolute atomic E-state index is 0. The van der Waals surface area contributed by atoms with Crippen molar-refractivity contribution in [1.82, 2.24) is 10.2 Å². The molecular formula is C16H24F2IN3O. The van der Waals surface area contributed by atoms with Crippen molar-refractivity contribution in [2.75, 3.05) is 33.8 Å². The molecule has 0 amide bonds. The van der Waals surface area contributed by atoms with E-state index in [0.717, 1.165) is 37.5 Å². The Labute approximate surface area is 153 Å². The summed E-state index contributed by atoms with van der Waals surface area (Å²) < 4.78 is 31.4. The van der Waals surface area contributed by atoms with E-state index in [1.54, 1.807) is 7.05 Å². The molecule has 0 aromatic heterocycles. The smallest absolute Gasteiger partial charge is 0.193 e. The highest BCUT2D eigenvalue weighted by Crippen LogP contribution is 2.17. The topological polar surface area (TPSA) is 36.9 Å². The zero-order valence-electron chi connectivity index (χ0n) is 13.5. The van der Waals surface area contributed by atoms with Crippen molar-refractivity contribution in [1.29, 1.82) is 0 Å². The lowest BCUT2D eigenvalue weighted by Gasteiger charge is -2.21. The zero-order valence-corrected chi connectivity index (χ0v) is 15.8. The molecule has 130 valence electrons. The summed E-state index contributed by atoms with van der Waals surface area (Å²) in [5.41, 5.74) is 0. The van der Waals surface area contributed by atoms with Crippen LogP contribution in [-0.2, 0) is 0 Å². The van der Waals surface area contributed by atoms with Gasteiger partial charge in [-0.25, -0.2) is 8.78 Å². The molecule has 0 fully saturated rings. The largest absolute Gasteiger partial charge is 0.489 e. The first-order valence-electron chi connectivity index (χ1n) is 7.19. The lowest BCUT2D eigenvalue weighted by molar-refractivity contribution is 0.302. The van der Waals surface area contributed by atoms with E-state index in [2.05, 4.69) is 16.9 Å². The van der Waals surface area contributed by atoms with E-state index >= 15 is 0 Å². The minimum Gasteiger partial charge on any atom is -0.489 e. The molecule has 0 aliphatic rings. The SMILES string of the molecule is C=CCCCN(C)C(=NC)NCCOc1ccc(F)cc1F.I. The number of rotatable bonds is 8. The first-order chi connectivity index (χ1) is 10.6. The number of benzene rings is 1. The third kappa shape index (κ3) is 8.15. The summed E-state index contributed by atoms with van der Waals surface area (Å²) in [7, 11) is 3.64. The second-order valence-corrected chi connectivity index (χ2v) is 4.75. The predicted octanol–water partition coefficient (Wildman–Crippen LogP) is 3.44. The Hall–Kier alpha value is -1.38. The van der Waals surface area contributed by atoms with Gasteiger partial charge in [0.05, 0.1) is 6.54 Å². The molecule has 1 rings (SSSR count). The van der Waals surface area contributed by atoms with Crippen molar-refractivity contribution in [2.45, 2.75) is 12.8 Å². The Morgan fingerprint density at radius 2 is 2.17 bits per heavy atom. The average molecular weight is 439 g/mol. The number of halogens is 3. The number of nitrogens with zero attached hydrogens (tertiary/aromatic N) is 2. The summed E-state index contributed by atoms with van der Waals surface area (Å²) in [5, 5.41) is 3.13. The molecule has 0 radical (unpaired) electrons. The van der Waals surface area contributed by atoms with Crippen LogP contribution in [0.2, 0.25) is 0 Å². The summed E-state index contributed by atoms with van der Waals surface area (Å²) in [6, 6.07) is 3.24. The van der Waals surface area contributed by atoms with Crippen LogP contribution in [0.4, 0.5) is 8.78 Å². The third-order valence-corrected chi connectivity index (χ3v) is 3.01. The molecule has 0 aliphatic heterocycles. The average Bonchev–Trinajstić information content (AvgIpc) is 2.49. The molecule has 0 heterocycles. The second-order valence-electron chi connectivity index (χ2n) is 4.75. The second kappa shape index (κ2) is 12.1. The first kappa shape index (κ1) is 21.6. The molecule has 23 heavy (non-hydrogen) atoms. The van der Waals surface area contributed by atoms with Gasteiger partial charge in [0.25, 0.3) is 0 Å². The number of ether oxygens (including phenoxy) is 1. The summed E-state index contributed by atoms with van der Waals surface area (Å²) in [6.45, 7) is 5.27. The van der Waals surface area contributed by atoms with Gasteiger partial charge in [-0.05, 0) is 25.0 Å². The number of allylic oxidation sites excluding steroid dienone is 1. The lowest BCUT2D eigenvalue weighted by Crippen LogP contribution is -2.41. The fraction of sp³-hybridized carbons (Fsp3) is 0.438. The predicted molar refractivity (Wildman–Crippen MR) is 101 cm³/mol. The van der Waals surface area contributed by atoms with Crippen LogP contribution in [0.1, 0.15) is 12.8 Å². The summed E-state index contributed by atoms with van der Waals surface area (Å²) in [6.07, 6.45) is 3.83. The highest BCUT2D eigenvalue weighted by atomic mass is 127. The molecule has 0 aliphatic carbocycles. The van der Waals surface area contributed by atoms with Crippen molar-refractivity contribution in [2.24, 2.45) is 4.99 Å². The molecule has 0 bridgehead atoms. The highest BCUT2D eigenvalue weighted by molar-refractivity contribution is 14.0. The number of hydrogen-bond donors (Lipinski definition) is 1. The van der Waals surface area contributed by atoms with Gasteiger partial charge in [0, 0.05) is 26.7 Å². The van der Waals surface area contributed by atoms with Crippen molar-refractivity contribution in [3.63, 3.8) is 0 Å². The molecule has 7 heteroatoms. The number of aliphatic imine (C=N–C) groups is 1. The van der Waals surface area contributed by atoms with Gasteiger partial charge < -0.3 is 15.0 Å². The van der Waals surface area contributed by atoms with E-state index in [0.29, 0.717) is 6.54 Å². The molecule has 1 aromatic rings. The Bertz CT molecular complexity index is 512. The molecule has 0 saturated carbocycles. The van der Waals surface area contributed by atoms with Crippen LogP contribution in [-0.4, -0.2) is 44.7 Å². The van der Waals surface area contributed by atoms with E-state index < -0.39 is 11.6 Å². The van der Waals surface area contributed by atoms with Crippen LogP contribution in [0, 0.1) is 11.6 Å². The Morgan fingerprint density at radius 3 is 2.78 bits per heavy atom. The maximum absolute atomic E-state index is 13.4. The third-order valence-electron chi connectivity index (χ3n) is 3.01. The summed E-state index contributed by atoms with van der Waals surface area (Å²) >= 11 is 0. The number of hydrogen-bond acceptors (Lipinski definition) is 2. The maximum Gasteiger partial charge on any atom is 0.193 e. The van der Waals surface area contributed by atoms with E-state index in [9.17, 15) is 8.78 Å². The Kier molecular flexibility index (Phi) is 11.4. The van der Waals surface area contributed by atoms with Gasteiger partial charge in [0.15, 0.2) is 17.5 Å². The van der Waals surface area contributed by atoms with Gasteiger partial charge in [0.1, 0.15) is 12.4 Å². The number of guanidine groups is 1. The van der Waals surface area contributed by atoms with E-state index in [4.69, 9.17) is 4.74 Å². The van der Waals surface area contributed by atoms with Crippen molar-refractivity contribution >= 4 is 29.9 Å². The van der Waals surface area contributed by atoms with Crippen LogP contribution in [0.15, 0.2) is 35.8 Å². The fourth-order valence-electron chi connectivity index (χ4n) is 1.88. The molecule has 0 saturated heterocycles. The highest BCUT2D eigenvalue weighted by Gasteiger charge is 2.06. The maximum atomic E-state index is 13.4. The Balaban J connectivity index is 0.00000484. The van der Waals surface area contributed by atoms with Crippen LogP contribution < -0.4 is 10.1 Å². The fourth-order valence-corrected chi connectivity index (χ4v) is 1.88. The van der Waals surface area contributed by atoms with Crippen LogP contribution in [0.5, 0.6) is 5.75 Å². The van der Waals surface area contributed by atoms with Gasteiger partial charge in [-0.2, -0.15) is 0 Å². The molecule has 0 unspecified atom stereocenters. The van der Waals surface area contributed by atoms with Gasteiger partial charge in [0.2, 0.25) is 0 Å². The Morgan fingerprint density at radius 1 is 1.43 bits per heavy atom. The molecular weight excluding hydrogens is 415 g/mol. The monoisotopic (exact) mass is 439 g/mol. The molecule has 0 spiro atoms. The zero-order chi connectivity index (χ0) is 16.4. The van der Waals surface area contributed by atoms with Gasteiger partial charge in [-0.15, -0.1) is 30.6 Å². The standard InChI is InChI=1S/C16H23F2N3O.HI/c1-4-5-6-10-21(3)16(19-2)20-9-11-22-15-8-7-13(17)12-14(15)18;/h4,7-8,12H,1,5-6,9-11H2,2-3H3,(H,19,20);1H. The van der Waals surface area contributed by atoms with Crippen molar-refractivity contribution < 1.29 is 13.5 Å². The van der Waals surface area contributed by atoms with E-state index in [1.807, 2.05) is 18.0 Å². The van der Waals surface area contributed by atoms with Gasteiger partial charge in [-0.1, -0.05) is 6.08 Å². The van der Waals surface area contributed by atoms with E-state index in [1.165, 1.54) is 6.07 Å². The molecule has 1 aromatic carbocycles. The van der Waals surface area contributed by atoms with Gasteiger partial charge >= 0.3 is 0 Å². The molecule has 1 N–H and O–H groups in total. The van der Waals surface area contributed by atoms with Crippen molar-refractivity contribution in [3.8, 4) is 5.75 Å². The number of nitrogens with one attached hydrogen (secondary N) is 1. The van der Waals surface area contributed by atoms with Crippen LogP contribution >= 0.6 is 24.0 Å². The molecule has 0 atom stereocenters. The normalized spacial score (nSPS) is 10.7. The number of unbranched alkanes of at least 4 members (excludes halogenated alkanes) is 1. The van der Waals surface area contributed by atoms with Crippen molar-refractivity contribution in [3.05, 3.63) is 42.5 Å². The minimum atomic E-state index is -0.703. The summed E-state index contributed by atoms with van der Waals surface area (Å²) in [4.78, 5) is 6.17. The van der Waals surface area contributed by atoms with Crippen LogP contribution in [0.3, 0.4) is 0 Å². The van der Waals surface area contributed by atoms with Crippen LogP contribution in [0.25, 0.3) is 0 Å². The lowest BCUT2D eigenvalue weighted by atomic mass is 10.3. The summed E-state index contributed by atoms with van der Waals surface area (Å²) in [5.74, 6) is -0.541. The van der Waals surface area contributed by atoms with Gasteiger partial charge in [-0.3, -0.25) is 4.99 Å². The first-order valence-corrected chi connectivity index (χ1v) is 7.19.